The highest BCUT2D eigenvalue weighted by Gasteiger charge is 2.18. The second-order valence-electron chi connectivity index (χ2n) is 4.98. The van der Waals surface area contributed by atoms with Gasteiger partial charge in [0.15, 0.2) is 6.29 Å². The topological polar surface area (TPSA) is 66.6 Å². The highest BCUT2D eigenvalue weighted by Crippen LogP contribution is 2.29. The van der Waals surface area contributed by atoms with E-state index in [1.807, 2.05) is 24.3 Å². The lowest BCUT2D eigenvalue weighted by atomic mass is 9.97. The molecule has 0 spiro atoms. The molecule has 0 bridgehead atoms. The first-order chi connectivity index (χ1) is 10.8. The third-order valence-corrected chi connectivity index (χ3v) is 3.69. The highest BCUT2D eigenvalue weighted by atomic mass is 16.7. The number of hydrogen-bond donors (Lipinski definition) is 4. The summed E-state index contributed by atoms with van der Waals surface area (Å²) >= 11 is 0. The molecule has 0 saturated carbocycles. The third-order valence-electron chi connectivity index (χ3n) is 3.69. The maximum atomic E-state index is 5.28. The maximum Gasteiger partial charge on any atom is 0.183 e. The van der Waals surface area contributed by atoms with Crippen molar-refractivity contribution in [3.8, 4) is 11.1 Å². The second-order valence-corrected chi connectivity index (χ2v) is 4.98. The summed E-state index contributed by atoms with van der Waals surface area (Å²) in [6, 6.07) is 16.5. The highest BCUT2D eigenvalue weighted by molar-refractivity contribution is 5.68. The lowest BCUT2D eigenvalue weighted by Gasteiger charge is -2.17. The van der Waals surface area contributed by atoms with Crippen molar-refractivity contribution in [3.05, 3.63) is 59.7 Å². The van der Waals surface area contributed by atoms with Gasteiger partial charge in [-0.15, -0.1) is 0 Å². The normalized spacial score (nSPS) is 15.6. The monoisotopic (exact) mass is 300 g/mol. The molecule has 6 nitrogen and oxygen atoms in total. The Hall–Kier alpha value is -1.80. The first-order valence-corrected chi connectivity index (χ1v) is 7.09. The van der Waals surface area contributed by atoms with E-state index in [0.717, 1.165) is 22.3 Å². The van der Waals surface area contributed by atoms with Crippen LogP contribution in [0.2, 0.25) is 0 Å². The number of nitrogens with one attached hydrogen (secondary N) is 4. The van der Waals surface area contributed by atoms with Gasteiger partial charge in [-0.1, -0.05) is 48.5 Å². The van der Waals surface area contributed by atoms with Crippen molar-refractivity contribution < 1.29 is 9.47 Å². The molecule has 1 fully saturated rings. The third kappa shape index (κ3) is 3.02. The van der Waals surface area contributed by atoms with Crippen LogP contribution in [0.1, 0.15) is 23.6 Å². The van der Waals surface area contributed by atoms with Crippen molar-refractivity contribution >= 4 is 0 Å². The van der Waals surface area contributed by atoms with Crippen molar-refractivity contribution in [2.45, 2.75) is 12.5 Å². The smallest absolute Gasteiger partial charge is 0.183 e. The minimum absolute atomic E-state index is 0.00146. The number of benzene rings is 2. The van der Waals surface area contributed by atoms with Crippen LogP contribution < -0.4 is 21.9 Å². The predicted octanol–water partition coefficient (Wildman–Crippen LogP) is 1.76. The molecular formula is C16H20N4O2. The van der Waals surface area contributed by atoms with Crippen LogP contribution in [0.3, 0.4) is 0 Å². The van der Waals surface area contributed by atoms with Gasteiger partial charge < -0.3 is 9.47 Å². The molecule has 3 rings (SSSR count). The average molecular weight is 300 g/mol. The molecular weight excluding hydrogens is 280 g/mol. The zero-order chi connectivity index (χ0) is 15.4. The Balaban J connectivity index is 1.91. The van der Waals surface area contributed by atoms with Crippen LogP contribution in [0.25, 0.3) is 11.1 Å². The van der Waals surface area contributed by atoms with E-state index in [9.17, 15) is 0 Å². The van der Waals surface area contributed by atoms with Crippen molar-refractivity contribution in [1.82, 2.24) is 21.9 Å². The Kier molecular flexibility index (Phi) is 4.79. The van der Waals surface area contributed by atoms with Crippen LogP contribution in [0, 0.1) is 0 Å². The quantitative estimate of drug-likeness (QED) is 0.631. The van der Waals surface area contributed by atoms with Gasteiger partial charge >= 0.3 is 0 Å². The predicted molar refractivity (Wildman–Crippen MR) is 83.9 cm³/mol. The van der Waals surface area contributed by atoms with Gasteiger partial charge in [-0.3, -0.25) is 0 Å². The summed E-state index contributed by atoms with van der Waals surface area (Å²) in [7, 11) is 3.27. The molecule has 0 aliphatic carbocycles. The molecule has 116 valence electrons. The van der Waals surface area contributed by atoms with Crippen LogP contribution in [0.5, 0.6) is 0 Å². The Morgan fingerprint density at radius 2 is 1.50 bits per heavy atom. The van der Waals surface area contributed by atoms with Crippen molar-refractivity contribution in [3.63, 3.8) is 0 Å². The largest absolute Gasteiger partial charge is 0.352 e. The van der Waals surface area contributed by atoms with Crippen LogP contribution >= 0.6 is 0 Å². The van der Waals surface area contributed by atoms with Gasteiger partial charge in [0.2, 0.25) is 0 Å². The minimum Gasteiger partial charge on any atom is -0.352 e. The van der Waals surface area contributed by atoms with Crippen molar-refractivity contribution in [2.24, 2.45) is 0 Å². The number of ether oxygens (including phenoxy) is 2. The molecule has 0 aromatic heterocycles. The fourth-order valence-corrected chi connectivity index (χ4v) is 2.61. The fraction of sp³-hybridized carbons (Fsp3) is 0.250. The van der Waals surface area contributed by atoms with Gasteiger partial charge in [-0.25, -0.2) is 10.9 Å². The number of rotatable bonds is 5. The van der Waals surface area contributed by atoms with E-state index in [1.54, 1.807) is 14.2 Å². The van der Waals surface area contributed by atoms with Crippen LogP contribution in [-0.4, -0.2) is 14.2 Å². The minimum atomic E-state index is -0.337. The van der Waals surface area contributed by atoms with E-state index >= 15 is 0 Å². The maximum absolute atomic E-state index is 5.28. The summed E-state index contributed by atoms with van der Waals surface area (Å²) in [5.41, 5.74) is 16.4. The summed E-state index contributed by atoms with van der Waals surface area (Å²) in [5.74, 6) is 0. The summed E-state index contributed by atoms with van der Waals surface area (Å²) in [6.07, 6.45) is -0.336. The summed E-state index contributed by atoms with van der Waals surface area (Å²) in [5, 5.41) is 0. The van der Waals surface area contributed by atoms with Gasteiger partial charge in [0.1, 0.15) is 6.17 Å². The number of methoxy groups -OCH3 is 2. The Bertz CT molecular complexity index is 608. The summed E-state index contributed by atoms with van der Waals surface area (Å²) in [4.78, 5) is 0. The molecule has 22 heavy (non-hydrogen) atoms. The fourth-order valence-electron chi connectivity index (χ4n) is 2.61. The molecule has 0 amide bonds. The Morgan fingerprint density at radius 3 is 2.14 bits per heavy atom. The van der Waals surface area contributed by atoms with E-state index in [4.69, 9.17) is 9.47 Å². The molecule has 2 aromatic rings. The molecule has 1 aliphatic heterocycles. The zero-order valence-electron chi connectivity index (χ0n) is 12.6. The first kappa shape index (κ1) is 15.1. The Labute approximate surface area is 129 Å². The molecule has 0 unspecified atom stereocenters. The van der Waals surface area contributed by atoms with E-state index in [2.05, 4.69) is 46.2 Å². The van der Waals surface area contributed by atoms with Gasteiger partial charge in [0, 0.05) is 19.8 Å². The van der Waals surface area contributed by atoms with Crippen LogP contribution in [0.4, 0.5) is 0 Å². The first-order valence-electron chi connectivity index (χ1n) is 7.09. The molecule has 4 N–H and O–H groups in total. The molecule has 1 aliphatic rings. The van der Waals surface area contributed by atoms with Gasteiger partial charge in [0.25, 0.3) is 0 Å². The molecule has 6 heteroatoms. The molecule has 1 heterocycles. The standard InChI is InChI=1S/C16H20N4O2/c1-21-16(22-2)12-9-7-11(8-10-12)13-5-3-4-6-14(13)15-17-19-20-18-15/h3-10,15-20H,1-2H3. The second kappa shape index (κ2) is 6.97. The zero-order valence-corrected chi connectivity index (χ0v) is 12.6. The van der Waals surface area contributed by atoms with Crippen molar-refractivity contribution in [1.29, 1.82) is 0 Å². The summed E-state index contributed by atoms with van der Waals surface area (Å²) in [6.45, 7) is 0. The van der Waals surface area contributed by atoms with Crippen LogP contribution in [-0.2, 0) is 9.47 Å². The van der Waals surface area contributed by atoms with Gasteiger partial charge in [-0.2, -0.15) is 11.1 Å². The average Bonchev–Trinajstić information content (AvgIpc) is 3.11. The molecule has 1 saturated heterocycles. The lowest BCUT2D eigenvalue weighted by molar-refractivity contribution is -0.106. The van der Waals surface area contributed by atoms with Crippen molar-refractivity contribution in [2.75, 3.05) is 14.2 Å². The molecule has 0 atom stereocenters. The molecule has 0 radical (unpaired) electrons. The van der Waals surface area contributed by atoms with E-state index in [1.165, 1.54) is 0 Å². The van der Waals surface area contributed by atoms with Gasteiger partial charge in [-0.05, 0) is 16.7 Å². The lowest BCUT2D eigenvalue weighted by Crippen LogP contribution is -2.33. The summed E-state index contributed by atoms with van der Waals surface area (Å²) < 4.78 is 10.6. The van der Waals surface area contributed by atoms with E-state index in [0.29, 0.717) is 0 Å². The number of hydrazine groups is 3. The van der Waals surface area contributed by atoms with Gasteiger partial charge in [0.05, 0.1) is 0 Å². The van der Waals surface area contributed by atoms with E-state index in [-0.39, 0.29) is 12.5 Å². The molecule has 2 aromatic carbocycles. The van der Waals surface area contributed by atoms with E-state index < -0.39 is 0 Å². The number of hydrogen-bond acceptors (Lipinski definition) is 6. The Morgan fingerprint density at radius 1 is 0.864 bits per heavy atom. The van der Waals surface area contributed by atoms with Crippen LogP contribution in [0.15, 0.2) is 48.5 Å². The SMILES string of the molecule is COC(OC)c1ccc(-c2ccccc2C2NNNN2)cc1.